The maximum atomic E-state index is 12.6. The Hall–Kier alpha value is -2.15. The number of thiophene rings is 1. The Bertz CT molecular complexity index is 789. The van der Waals surface area contributed by atoms with Gasteiger partial charge in [0.1, 0.15) is 5.00 Å². The van der Waals surface area contributed by atoms with Gasteiger partial charge in [-0.3, -0.25) is 9.59 Å². The van der Waals surface area contributed by atoms with Crippen LogP contribution in [0.25, 0.3) is 0 Å². The summed E-state index contributed by atoms with van der Waals surface area (Å²) in [6, 6.07) is 1.88. The zero-order valence-electron chi connectivity index (χ0n) is 12.8. The Labute approximate surface area is 137 Å². The van der Waals surface area contributed by atoms with E-state index in [1.807, 2.05) is 0 Å². The molecule has 1 saturated carbocycles. The third kappa shape index (κ3) is 2.76. The van der Waals surface area contributed by atoms with Crippen molar-refractivity contribution in [2.75, 3.05) is 5.32 Å². The number of hydrogen-bond acceptors (Lipinski definition) is 5. The van der Waals surface area contributed by atoms with Gasteiger partial charge in [-0.25, -0.2) is 0 Å². The van der Waals surface area contributed by atoms with Gasteiger partial charge in [0, 0.05) is 17.0 Å². The van der Waals surface area contributed by atoms with E-state index in [1.54, 1.807) is 13.0 Å². The van der Waals surface area contributed by atoms with Gasteiger partial charge in [0.05, 0.1) is 11.3 Å². The molecule has 2 amide bonds. The van der Waals surface area contributed by atoms with Crippen molar-refractivity contribution in [3.63, 3.8) is 0 Å². The first-order valence-corrected chi connectivity index (χ1v) is 8.63. The summed E-state index contributed by atoms with van der Waals surface area (Å²) in [5.74, 6) is -0.286. The fourth-order valence-electron chi connectivity index (χ4n) is 2.85. The van der Waals surface area contributed by atoms with Crippen LogP contribution in [0.4, 0.5) is 5.00 Å². The minimum Gasteiger partial charge on any atom is -0.351 e. The Kier molecular flexibility index (Phi) is 3.45. The number of aromatic nitrogens is 1. The van der Waals surface area contributed by atoms with E-state index in [2.05, 4.69) is 15.8 Å². The van der Waals surface area contributed by atoms with Gasteiger partial charge in [0.25, 0.3) is 11.8 Å². The molecule has 2 heterocycles. The van der Waals surface area contributed by atoms with Crippen LogP contribution < -0.4 is 10.6 Å². The van der Waals surface area contributed by atoms with Crippen molar-refractivity contribution in [1.29, 1.82) is 0 Å². The number of nitrogens with zero attached hydrogens (tertiary/aromatic N) is 1. The number of carbonyl (C=O) groups is 2. The lowest BCUT2D eigenvalue weighted by atomic mass is 10.1. The Balaban J connectivity index is 1.62. The summed E-state index contributed by atoms with van der Waals surface area (Å²) in [5, 5.41) is 10.2. The summed E-state index contributed by atoms with van der Waals surface area (Å²) >= 11 is 1.50. The molecule has 7 heteroatoms. The molecule has 0 atom stereocenters. The van der Waals surface area contributed by atoms with Crippen LogP contribution in [-0.2, 0) is 12.8 Å². The van der Waals surface area contributed by atoms with Crippen LogP contribution in [0.15, 0.2) is 10.6 Å². The smallest absolute Gasteiger partial charge is 0.294 e. The first-order chi connectivity index (χ1) is 11.1. The van der Waals surface area contributed by atoms with Gasteiger partial charge >= 0.3 is 0 Å². The molecule has 120 valence electrons. The van der Waals surface area contributed by atoms with E-state index in [0.29, 0.717) is 22.3 Å². The van der Waals surface area contributed by atoms with Gasteiger partial charge in [0.2, 0.25) is 5.76 Å². The molecule has 2 aromatic heterocycles. The van der Waals surface area contributed by atoms with Crippen molar-refractivity contribution in [3.05, 3.63) is 33.5 Å². The molecular weight excluding hydrogens is 314 g/mol. The molecule has 2 aliphatic carbocycles. The predicted molar refractivity (Wildman–Crippen MR) is 86.0 cm³/mol. The molecular formula is C16H17N3O3S. The topological polar surface area (TPSA) is 84.2 Å². The third-order valence-corrected chi connectivity index (χ3v) is 5.35. The van der Waals surface area contributed by atoms with E-state index in [0.717, 1.165) is 37.7 Å². The van der Waals surface area contributed by atoms with Gasteiger partial charge in [0.15, 0.2) is 0 Å². The summed E-state index contributed by atoms with van der Waals surface area (Å²) in [6.07, 6.45) is 5.02. The number of rotatable bonds is 4. The monoisotopic (exact) mass is 331 g/mol. The van der Waals surface area contributed by atoms with Crippen LogP contribution in [-0.4, -0.2) is 23.0 Å². The molecule has 0 unspecified atom stereocenters. The molecule has 0 aliphatic heterocycles. The fraction of sp³-hybridized carbons (Fsp3) is 0.438. The molecule has 0 bridgehead atoms. The number of fused-ring (bicyclic) bond motifs is 1. The minimum absolute atomic E-state index is 0.0732. The van der Waals surface area contributed by atoms with E-state index >= 15 is 0 Å². The highest BCUT2D eigenvalue weighted by Gasteiger charge is 2.31. The second-order valence-corrected chi connectivity index (χ2v) is 7.20. The summed E-state index contributed by atoms with van der Waals surface area (Å²) in [6.45, 7) is 1.76. The molecule has 2 aromatic rings. The van der Waals surface area contributed by atoms with Crippen molar-refractivity contribution in [1.82, 2.24) is 10.5 Å². The molecule has 1 fully saturated rings. The largest absolute Gasteiger partial charge is 0.351 e. The number of anilines is 1. The molecule has 2 N–H and O–H groups in total. The summed E-state index contributed by atoms with van der Waals surface area (Å²) < 4.78 is 4.99. The quantitative estimate of drug-likeness (QED) is 0.902. The number of carbonyl (C=O) groups excluding carboxylic acids is 2. The number of aryl methyl sites for hydroxylation is 2. The molecule has 6 nitrogen and oxygen atoms in total. The van der Waals surface area contributed by atoms with E-state index in [-0.39, 0.29) is 17.6 Å². The Morgan fingerprint density at radius 1 is 1.30 bits per heavy atom. The van der Waals surface area contributed by atoms with Crippen LogP contribution in [0.5, 0.6) is 0 Å². The third-order valence-electron chi connectivity index (χ3n) is 4.14. The van der Waals surface area contributed by atoms with E-state index in [9.17, 15) is 9.59 Å². The summed E-state index contributed by atoms with van der Waals surface area (Å²) in [5.41, 5.74) is 2.38. The van der Waals surface area contributed by atoms with Crippen molar-refractivity contribution in [2.45, 2.75) is 45.1 Å². The minimum atomic E-state index is -0.369. The highest BCUT2D eigenvalue weighted by molar-refractivity contribution is 7.17. The van der Waals surface area contributed by atoms with Gasteiger partial charge in [-0.15, -0.1) is 11.3 Å². The SMILES string of the molecule is Cc1cc(C(=O)Nc2sc3c(c2C(=O)NC2CC2)CCC3)on1. The van der Waals surface area contributed by atoms with Gasteiger partial charge < -0.3 is 15.2 Å². The lowest BCUT2D eigenvalue weighted by Gasteiger charge is -2.08. The Morgan fingerprint density at radius 2 is 2.13 bits per heavy atom. The summed E-state index contributed by atoms with van der Waals surface area (Å²) in [4.78, 5) is 26.1. The first-order valence-electron chi connectivity index (χ1n) is 7.82. The highest BCUT2D eigenvalue weighted by atomic mass is 32.1. The van der Waals surface area contributed by atoms with Crippen LogP contribution in [0.1, 0.15) is 56.3 Å². The molecule has 23 heavy (non-hydrogen) atoms. The van der Waals surface area contributed by atoms with Gasteiger partial charge in [-0.1, -0.05) is 5.16 Å². The van der Waals surface area contributed by atoms with Crippen molar-refractivity contribution >= 4 is 28.2 Å². The van der Waals surface area contributed by atoms with Gasteiger partial charge in [-0.2, -0.15) is 0 Å². The normalized spacial score (nSPS) is 16.2. The maximum Gasteiger partial charge on any atom is 0.294 e. The number of amides is 2. The van der Waals surface area contributed by atoms with E-state index in [4.69, 9.17) is 4.52 Å². The van der Waals surface area contributed by atoms with Gasteiger partial charge in [-0.05, 0) is 44.6 Å². The molecule has 2 aliphatic rings. The molecule has 4 rings (SSSR count). The summed E-state index contributed by atoms with van der Waals surface area (Å²) in [7, 11) is 0. The maximum absolute atomic E-state index is 12.6. The average molecular weight is 331 g/mol. The van der Waals surface area contributed by atoms with E-state index in [1.165, 1.54) is 16.2 Å². The average Bonchev–Trinajstić information content (AvgIpc) is 2.91. The predicted octanol–water partition coefficient (Wildman–Crippen LogP) is 2.68. The zero-order chi connectivity index (χ0) is 16.0. The lowest BCUT2D eigenvalue weighted by molar-refractivity contribution is 0.0951. The van der Waals surface area contributed by atoms with Crippen molar-refractivity contribution in [3.8, 4) is 0 Å². The van der Waals surface area contributed by atoms with Crippen LogP contribution in [0.3, 0.4) is 0 Å². The van der Waals surface area contributed by atoms with Crippen LogP contribution >= 0.6 is 11.3 Å². The van der Waals surface area contributed by atoms with Crippen LogP contribution in [0.2, 0.25) is 0 Å². The second kappa shape index (κ2) is 5.49. The highest BCUT2D eigenvalue weighted by Crippen LogP contribution is 2.39. The number of hydrogen-bond donors (Lipinski definition) is 2. The first kappa shape index (κ1) is 14.4. The lowest BCUT2D eigenvalue weighted by Crippen LogP contribution is -2.27. The Morgan fingerprint density at radius 3 is 2.83 bits per heavy atom. The molecule has 0 spiro atoms. The number of nitrogens with one attached hydrogen (secondary N) is 2. The van der Waals surface area contributed by atoms with Crippen molar-refractivity contribution < 1.29 is 14.1 Å². The molecule has 0 saturated heterocycles. The fourth-order valence-corrected chi connectivity index (χ4v) is 4.13. The second-order valence-electron chi connectivity index (χ2n) is 6.10. The van der Waals surface area contributed by atoms with Crippen LogP contribution in [0, 0.1) is 6.92 Å². The standard InChI is InChI=1S/C16H17N3O3S/c1-8-7-11(22-19-8)14(20)18-16-13(15(21)17-9-5-6-9)10-3-2-4-12(10)23-16/h7,9H,2-6H2,1H3,(H,17,21)(H,18,20). The molecule has 0 aromatic carbocycles. The van der Waals surface area contributed by atoms with E-state index < -0.39 is 0 Å². The zero-order valence-corrected chi connectivity index (χ0v) is 13.6. The van der Waals surface area contributed by atoms with Crippen molar-refractivity contribution in [2.24, 2.45) is 0 Å². The molecule has 0 radical (unpaired) electrons.